The molecule has 2 heterocycles. The molecule has 0 unspecified atom stereocenters. The minimum atomic E-state index is -0.536. The molecule has 144 valence electrons. The molecule has 0 spiro atoms. The van der Waals surface area contributed by atoms with Crippen LogP contribution in [0.5, 0.6) is 11.5 Å². The summed E-state index contributed by atoms with van der Waals surface area (Å²) in [5, 5.41) is 0. The Labute approximate surface area is 161 Å². The van der Waals surface area contributed by atoms with Crippen molar-refractivity contribution in [2.45, 2.75) is 13.3 Å². The van der Waals surface area contributed by atoms with Gasteiger partial charge in [0.1, 0.15) is 0 Å². The summed E-state index contributed by atoms with van der Waals surface area (Å²) in [4.78, 5) is 38.5. The second-order valence-electron chi connectivity index (χ2n) is 6.75. The van der Waals surface area contributed by atoms with E-state index < -0.39 is 17.7 Å². The lowest BCUT2D eigenvalue weighted by Gasteiger charge is -2.17. The number of ether oxygens (including phenoxy) is 2. The number of hydrogen-bond acceptors (Lipinski definition) is 5. The van der Waals surface area contributed by atoms with Gasteiger partial charge in [-0.3, -0.25) is 25.2 Å². The fraction of sp³-hybridized carbons (Fsp3) is 0.250. The SMILES string of the molecule is Cc1ccc(N2C[C@@H](C(=O)NNC(=O)c3ccc4c(c3)OCO4)CC2=O)cc1. The van der Waals surface area contributed by atoms with Crippen LogP contribution in [-0.2, 0) is 9.59 Å². The van der Waals surface area contributed by atoms with Crippen molar-refractivity contribution in [3.8, 4) is 11.5 Å². The van der Waals surface area contributed by atoms with Gasteiger partial charge in [0.25, 0.3) is 5.91 Å². The van der Waals surface area contributed by atoms with Crippen LogP contribution in [0.15, 0.2) is 42.5 Å². The predicted octanol–water partition coefficient (Wildman–Crippen LogP) is 1.54. The first-order valence-electron chi connectivity index (χ1n) is 8.88. The normalized spacial score (nSPS) is 17.5. The molecule has 1 saturated heterocycles. The number of fused-ring (bicyclic) bond motifs is 1. The molecule has 2 aromatic rings. The quantitative estimate of drug-likeness (QED) is 0.786. The summed E-state index contributed by atoms with van der Waals surface area (Å²) in [5.74, 6) is -0.490. The summed E-state index contributed by atoms with van der Waals surface area (Å²) in [5.41, 5.74) is 6.96. The Bertz CT molecular complexity index is 941. The molecular weight excluding hydrogens is 362 g/mol. The van der Waals surface area contributed by atoms with Gasteiger partial charge in [-0.1, -0.05) is 17.7 Å². The molecule has 0 radical (unpaired) electrons. The van der Waals surface area contributed by atoms with Crippen molar-refractivity contribution in [1.82, 2.24) is 10.9 Å². The molecule has 0 bridgehead atoms. The highest BCUT2D eigenvalue weighted by molar-refractivity contribution is 6.01. The van der Waals surface area contributed by atoms with Crippen molar-refractivity contribution in [3.63, 3.8) is 0 Å². The zero-order valence-electron chi connectivity index (χ0n) is 15.2. The van der Waals surface area contributed by atoms with Crippen molar-refractivity contribution in [3.05, 3.63) is 53.6 Å². The number of amides is 3. The van der Waals surface area contributed by atoms with Gasteiger partial charge in [-0.2, -0.15) is 0 Å². The lowest BCUT2D eigenvalue weighted by atomic mass is 10.1. The highest BCUT2D eigenvalue weighted by Gasteiger charge is 2.35. The van der Waals surface area contributed by atoms with Gasteiger partial charge in [0.15, 0.2) is 11.5 Å². The van der Waals surface area contributed by atoms with Crippen LogP contribution >= 0.6 is 0 Å². The number of hydrazine groups is 1. The maximum Gasteiger partial charge on any atom is 0.269 e. The lowest BCUT2D eigenvalue weighted by molar-refractivity contribution is -0.126. The molecule has 0 saturated carbocycles. The van der Waals surface area contributed by atoms with Crippen LogP contribution in [0.2, 0.25) is 0 Å². The predicted molar refractivity (Wildman–Crippen MR) is 99.8 cm³/mol. The summed E-state index contributed by atoms with van der Waals surface area (Å²) >= 11 is 0. The van der Waals surface area contributed by atoms with E-state index in [4.69, 9.17) is 9.47 Å². The van der Waals surface area contributed by atoms with E-state index in [0.29, 0.717) is 17.1 Å². The topological polar surface area (TPSA) is 97.0 Å². The Balaban J connectivity index is 1.34. The average molecular weight is 381 g/mol. The molecule has 4 rings (SSSR count). The van der Waals surface area contributed by atoms with E-state index in [1.165, 1.54) is 0 Å². The molecule has 8 nitrogen and oxygen atoms in total. The first-order valence-corrected chi connectivity index (χ1v) is 8.88. The van der Waals surface area contributed by atoms with E-state index in [0.717, 1.165) is 11.3 Å². The number of benzene rings is 2. The van der Waals surface area contributed by atoms with Gasteiger partial charge in [0.05, 0.1) is 5.92 Å². The third kappa shape index (κ3) is 3.48. The molecule has 2 aliphatic heterocycles. The van der Waals surface area contributed by atoms with Crippen LogP contribution < -0.4 is 25.2 Å². The van der Waals surface area contributed by atoms with Crippen molar-refractivity contribution >= 4 is 23.4 Å². The van der Waals surface area contributed by atoms with E-state index in [1.807, 2.05) is 31.2 Å². The van der Waals surface area contributed by atoms with Crippen molar-refractivity contribution in [1.29, 1.82) is 0 Å². The van der Waals surface area contributed by atoms with E-state index in [-0.39, 0.29) is 25.7 Å². The van der Waals surface area contributed by atoms with Crippen molar-refractivity contribution < 1.29 is 23.9 Å². The molecule has 8 heteroatoms. The molecule has 0 aromatic heterocycles. The van der Waals surface area contributed by atoms with Gasteiger partial charge in [-0.15, -0.1) is 0 Å². The summed E-state index contributed by atoms with van der Waals surface area (Å²) < 4.78 is 10.4. The smallest absolute Gasteiger partial charge is 0.269 e. The Kier molecular flexibility index (Phi) is 4.60. The van der Waals surface area contributed by atoms with Crippen LogP contribution in [0.3, 0.4) is 0 Å². The number of rotatable bonds is 3. The molecule has 28 heavy (non-hydrogen) atoms. The number of nitrogens with zero attached hydrogens (tertiary/aromatic N) is 1. The maximum absolute atomic E-state index is 12.4. The number of carbonyl (C=O) groups is 3. The molecule has 2 N–H and O–H groups in total. The largest absolute Gasteiger partial charge is 0.454 e. The second kappa shape index (κ2) is 7.22. The van der Waals surface area contributed by atoms with Crippen molar-refractivity contribution in [2.75, 3.05) is 18.2 Å². The first-order chi connectivity index (χ1) is 13.5. The second-order valence-corrected chi connectivity index (χ2v) is 6.75. The molecule has 1 atom stereocenters. The Morgan fingerprint density at radius 2 is 1.79 bits per heavy atom. The zero-order chi connectivity index (χ0) is 19.7. The summed E-state index contributed by atoms with van der Waals surface area (Å²) in [6, 6.07) is 12.3. The fourth-order valence-electron chi connectivity index (χ4n) is 3.19. The highest BCUT2D eigenvalue weighted by atomic mass is 16.7. The van der Waals surface area contributed by atoms with Gasteiger partial charge in [-0.25, -0.2) is 0 Å². The summed E-state index contributed by atoms with van der Waals surface area (Å²) in [6.45, 7) is 2.35. The van der Waals surface area contributed by atoms with Gasteiger partial charge in [-0.05, 0) is 37.3 Å². The first kappa shape index (κ1) is 17.8. The van der Waals surface area contributed by atoms with Gasteiger partial charge < -0.3 is 14.4 Å². The van der Waals surface area contributed by atoms with Crippen molar-refractivity contribution in [2.24, 2.45) is 5.92 Å². The van der Waals surface area contributed by atoms with E-state index in [2.05, 4.69) is 10.9 Å². The minimum Gasteiger partial charge on any atom is -0.454 e. The standard InChI is InChI=1S/C20H19N3O5/c1-12-2-5-15(6-3-12)23-10-14(9-18(23)24)20(26)22-21-19(25)13-4-7-16-17(8-13)28-11-27-16/h2-8,14H,9-11H2,1H3,(H,21,25)(H,22,26)/t14-/m0/s1. The Morgan fingerprint density at radius 3 is 2.57 bits per heavy atom. The Hall–Kier alpha value is -3.55. The van der Waals surface area contributed by atoms with E-state index in [9.17, 15) is 14.4 Å². The highest BCUT2D eigenvalue weighted by Crippen LogP contribution is 2.32. The van der Waals surface area contributed by atoms with Crippen LogP contribution in [0.4, 0.5) is 5.69 Å². The maximum atomic E-state index is 12.4. The number of hydrogen-bond donors (Lipinski definition) is 2. The lowest BCUT2D eigenvalue weighted by Crippen LogP contribution is -2.45. The van der Waals surface area contributed by atoms with Crippen LogP contribution in [-0.4, -0.2) is 31.1 Å². The minimum absolute atomic E-state index is 0.0968. The number of aryl methyl sites for hydroxylation is 1. The van der Waals surface area contributed by atoms with Gasteiger partial charge in [0.2, 0.25) is 18.6 Å². The average Bonchev–Trinajstić information content (AvgIpc) is 3.32. The number of carbonyl (C=O) groups excluding carboxylic acids is 3. The molecule has 0 aliphatic carbocycles. The monoisotopic (exact) mass is 381 g/mol. The molecule has 3 amide bonds. The molecule has 1 fully saturated rings. The molecule has 2 aliphatic rings. The van der Waals surface area contributed by atoms with E-state index in [1.54, 1.807) is 23.1 Å². The van der Waals surface area contributed by atoms with Crippen LogP contribution in [0.25, 0.3) is 0 Å². The third-order valence-corrected chi connectivity index (χ3v) is 4.78. The van der Waals surface area contributed by atoms with Crippen LogP contribution in [0.1, 0.15) is 22.3 Å². The summed E-state index contributed by atoms with van der Waals surface area (Å²) in [6.07, 6.45) is 0.0968. The fourth-order valence-corrected chi connectivity index (χ4v) is 3.19. The van der Waals surface area contributed by atoms with Gasteiger partial charge >= 0.3 is 0 Å². The molecule has 2 aromatic carbocycles. The van der Waals surface area contributed by atoms with E-state index >= 15 is 0 Å². The van der Waals surface area contributed by atoms with Gasteiger partial charge in [0, 0.05) is 24.2 Å². The number of nitrogens with one attached hydrogen (secondary N) is 2. The third-order valence-electron chi connectivity index (χ3n) is 4.78. The summed E-state index contributed by atoms with van der Waals surface area (Å²) in [7, 11) is 0. The number of anilines is 1. The zero-order valence-corrected chi connectivity index (χ0v) is 15.2. The molecular formula is C20H19N3O5. The van der Waals surface area contributed by atoms with Crippen LogP contribution in [0, 0.1) is 12.8 Å². The Morgan fingerprint density at radius 1 is 1.04 bits per heavy atom.